The van der Waals surface area contributed by atoms with E-state index >= 15 is 0 Å². The number of carbonyl (C=O) groups excluding carboxylic acids is 1. The summed E-state index contributed by atoms with van der Waals surface area (Å²) in [6, 6.07) is 13.5. The molecule has 0 radical (unpaired) electrons. The Morgan fingerprint density at radius 3 is 2.67 bits per heavy atom. The predicted molar refractivity (Wildman–Crippen MR) is 86.8 cm³/mol. The Labute approximate surface area is 133 Å². The fourth-order valence-electron chi connectivity index (χ4n) is 2.00. The van der Waals surface area contributed by atoms with E-state index in [0.29, 0.717) is 19.3 Å². The van der Waals surface area contributed by atoms with Crippen LogP contribution in [-0.2, 0) is 17.6 Å². The molecule has 1 amide bonds. The molecule has 1 aromatic heterocycles. The second-order valence-corrected chi connectivity index (χ2v) is 6.65. The van der Waals surface area contributed by atoms with Gasteiger partial charge >= 0.3 is 0 Å². The smallest absolute Gasteiger partial charge is 0.220 e. The van der Waals surface area contributed by atoms with Crippen LogP contribution in [0.5, 0.6) is 0 Å². The number of hydrogen-bond donors (Lipinski definition) is 2. The number of aryl methyl sites for hydroxylation is 1. The van der Waals surface area contributed by atoms with Crippen LogP contribution < -0.4 is 5.32 Å². The summed E-state index contributed by atoms with van der Waals surface area (Å²) in [4.78, 5) is 12.8. The van der Waals surface area contributed by atoms with Gasteiger partial charge in [0.25, 0.3) is 0 Å². The number of aliphatic hydroxyl groups excluding tert-OH is 1. The normalized spacial score (nSPS) is 12.1. The number of benzene rings is 1. The van der Waals surface area contributed by atoms with Crippen molar-refractivity contribution in [2.75, 3.05) is 6.54 Å². The van der Waals surface area contributed by atoms with Crippen LogP contribution in [0.15, 0.2) is 42.5 Å². The molecule has 5 heteroatoms. The average molecular weight is 324 g/mol. The first-order chi connectivity index (χ1) is 10.1. The van der Waals surface area contributed by atoms with Gasteiger partial charge in [-0.2, -0.15) is 0 Å². The molecule has 0 fully saturated rings. The molecular weight excluding hydrogens is 306 g/mol. The fraction of sp³-hybridized carbons (Fsp3) is 0.312. The number of amides is 1. The Morgan fingerprint density at radius 1 is 1.24 bits per heavy atom. The van der Waals surface area contributed by atoms with Crippen molar-refractivity contribution in [3.63, 3.8) is 0 Å². The number of carbonyl (C=O) groups is 1. The van der Waals surface area contributed by atoms with Crippen LogP contribution in [-0.4, -0.2) is 23.7 Å². The first kappa shape index (κ1) is 16.0. The highest BCUT2D eigenvalue weighted by molar-refractivity contribution is 7.16. The lowest BCUT2D eigenvalue weighted by Gasteiger charge is -2.11. The average Bonchev–Trinajstić information content (AvgIpc) is 2.90. The first-order valence-corrected chi connectivity index (χ1v) is 8.06. The summed E-state index contributed by atoms with van der Waals surface area (Å²) in [6.07, 6.45) is 1.07. The van der Waals surface area contributed by atoms with E-state index in [4.69, 9.17) is 11.6 Å². The number of rotatable bonds is 7. The topological polar surface area (TPSA) is 49.3 Å². The van der Waals surface area contributed by atoms with Gasteiger partial charge in [-0.1, -0.05) is 41.9 Å². The quantitative estimate of drug-likeness (QED) is 0.822. The van der Waals surface area contributed by atoms with Crippen molar-refractivity contribution in [2.24, 2.45) is 0 Å². The lowest BCUT2D eigenvalue weighted by atomic mass is 10.1. The van der Waals surface area contributed by atoms with Gasteiger partial charge in [0.2, 0.25) is 5.91 Å². The first-order valence-electron chi connectivity index (χ1n) is 6.86. The van der Waals surface area contributed by atoms with Crippen LogP contribution >= 0.6 is 22.9 Å². The highest BCUT2D eigenvalue weighted by atomic mass is 35.5. The lowest BCUT2D eigenvalue weighted by molar-refractivity contribution is -0.121. The molecule has 2 aromatic rings. The summed E-state index contributed by atoms with van der Waals surface area (Å²) in [5, 5.41) is 12.7. The molecule has 3 nitrogen and oxygen atoms in total. The third kappa shape index (κ3) is 5.87. The van der Waals surface area contributed by atoms with E-state index in [9.17, 15) is 9.90 Å². The maximum absolute atomic E-state index is 11.7. The molecule has 0 bridgehead atoms. The molecule has 0 saturated carbocycles. The van der Waals surface area contributed by atoms with Crippen LogP contribution in [0.25, 0.3) is 0 Å². The summed E-state index contributed by atoms with van der Waals surface area (Å²) < 4.78 is 0.740. The van der Waals surface area contributed by atoms with Gasteiger partial charge in [0.1, 0.15) is 0 Å². The van der Waals surface area contributed by atoms with Crippen LogP contribution in [0.2, 0.25) is 4.34 Å². The van der Waals surface area contributed by atoms with Crippen LogP contribution in [0.4, 0.5) is 0 Å². The van der Waals surface area contributed by atoms with E-state index in [1.807, 2.05) is 42.5 Å². The number of halogens is 1. The molecular formula is C16H18ClNO2S. The summed E-state index contributed by atoms with van der Waals surface area (Å²) >= 11 is 7.33. The maximum Gasteiger partial charge on any atom is 0.220 e. The highest BCUT2D eigenvalue weighted by Crippen LogP contribution is 2.22. The SMILES string of the molecule is O=C(CCc1ccc(Cl)s1)NCC(O)Cc1ccccc1. The molecule has 2 rings (SSSR count). The van der Waals surface area contributed by atoms with Crippen LogP contribution in [0, 0.1) is 0 Å². The van der Waals surface area contributed by atoms with Crippen molar-refractivity contribution in [1.82, 2.24) is 5.32 Å². The van der Waals surface area contributed by atoms with Crippen molar-refractivity contribution in [1.29, 1.82) is 0 Å². The molecule has 2 N–H and O–H groups in total. The van der Waals surface area contributed by atoms with Crippen LogP contribution in [0.1, 0.15) is 16.9 Å². The Bertz CT molecular complexity index is 571. The van der Waals surface area contributed by atoms with E-state index in [-0.39, 0.29) is 12.5 Å². The Balaban J connectivity index is 1.66. The predicted octanol–water partition coefficient (Wildman–Crippen LogP) is 3.05. The highest BCUT2D eigenvalue weighted by Gasteiger charge is 2.08. The van der Waals surface area contributed by atoms with E-state index in [1.165, 1.54) is 11.3 Å². The maximum atomic E-state index is 11.7. The molecule has 0 aliphatic rings. The summed E-state index contributed by atoms with van der Waals surface area (Å²) in [6.45, 7) is 0.277. The Kier molecular flexibility index (Phi) is 6.23. The fourth-order valence-corrected chi connectivity index (χ4v) is 3.09. The zero-order valence-corrected chi connectivity index (χ0v) is 13.2. The molecule has 0 saturated heterocycles. The minimum atomic E-state index is -0.562. The monoisotopic (exact) mass is 323 g/mol. The molecule has 21 heavy (non-hydrogen) atoms. The number of hydrogen-bond acceptors (Lipinski definition) is 3. The number of aliphatic hydroxyl groups is 1. The third-order valence-electron chi connectivity index (χ3n) is 3.08. The molecule has 1 heterocycles. The van der Waals surface area contributed by atoms with Gasteiger partial charge in [0.15, 0.2) is 0 Å². The Morgan fingerprint density at radius 2 is 2.00 bits per heavy atom. The largest absolute Gasteiger partial charge is 0.391 e. The Hall–Kier alpha value is -1.36. The molecule has 0 spiro atoms. The molecule has 1 aromatic carbocycles. The van der Waals surface area contributed by atoms with E-state index in [1.54, 1.807) is 0 Å². The minimum absolute atomic E-state index is 0.0494. The second kappa shape index (κ2) is 8.17. The molecule has 0 aliphatic carbocycles. The van der Waals surface area contributed by atoms with Crippen molar-refractivity contribution in [3.8, 4) is 0 Å². The van der Waals surface area contributed by atoms with Crippen LogP contribution in [0.3, 0.4) is 0 Å². The minimum Gasteiger partial charge on any atom is -0.391 e. The van der Waals surface area contributed by atoms with E-state index in [2.05, 4.69) is 5.32 Å². The molecule has 0 aliphatic heterocycles. The molecule has 1 unspecified atom stereocenters. The third-order valence-corrected chi connectivity index (χ3v) is 4.37. The lowest BCUT2D eigenvalue weighted by Crippen LogP contribution is -2.33. The summed E-state index contributed by atoms with van der Waals surface area (Å²) in [5.41, 5.74) is 1.06. The van der Waals surface area contributed by atoms with E-state index < -0.39 is 6.10 Å². The second-order valence-electron chi connectivity index (χ2n) is 4.85. The van der Waals surface area contributed by atoms with Gasteiger partial charge in [0.05, 0.1) is 10.4 Å². The zero-order chi connectivity index (χ0) is 15.1. The molecule has 1 atom stereocenters. The van der Waals surface area contributed by atoms with Gasteiger partial charge in [-0.3, -0.25) is 4.79 Å². The van der Waals surface area contributed by atoms with Gasteiger partial charge in [0, 0.05) is 24.3 Å². The molecule has 112 valence electrons. The van der Waals surface area contributed by atoms with Crippen molar-refractivity contribution in [3.05, 3.63) is 57.2 Å². The van der Waals surface area contributed by atoms with Crippen molar-refractivity contribution < 1.29 is 9.90 Å². The van der Waals surface area contributed by atoms with Crippen molar-refractivity contribution in [2.45, 2.75) is 25.4 Å². The number of nitrogens with one attached hydrogen (secondary N) is 1. The summed E-state index contributed by atoms with van der Waals surface area (Å²) in [5.74, 6) is -0.0494. The van der Waals surface area contributed by atoms with E-state index in [0.717, 1.165) is 14.8 Å². The van der Waals surface area contributed by atoms with Gasteiger partial charge < -0.3 is 10.4 Å². The van der Waals surface area contributed by atoms with Gasteiger partial charge in [-0.15, -0.1) is 11.3 Å². The van der Waals surface area contributed by atoms with Gasteiger partial charge in [-0.05, 0) is 24.1 Å². The summed E-state index contributed by atoms with van der Waals surface area (Å²) in [7, 11) is 0. The van der Waals surface area contributed by atoms with Crippen molar-refractivity contribution >= 4 is 28.8 Å². The standard InChI is InChI=1S/C16H18ClNO2S/c17-15-8-6-14(21-15)7-9-16(20)18-11-13(19)10-12-4-2-1-3-5-12/h1-6,8,13,19H,7,9-11H2,(H,18,20). The zero-order valence-electron chi connectivity index (χ0n) is 11.6. The van der Waals surface area contributed by atoms with Gasteiger partial charge in [-0.25, -0.2) is 0 Å². The number of thiophene rings is 1.